The van der Waals surface area contributed by atoms with Gasteiger partial charge in [-0.3, -0.25) is 0 Å². The molecule has 0 amide bonds. The molecule has 0 aliphatic rings. The minimum Gasteiger partial charge on any atom is -0.310 e. The summed E-state index contributed by atoms with van der Waals surface area (Å²) in [5.74, 6) is 0.519. The number of benzene rings is 2. The standard InChI is InChI=1S/C18H24FN/c1-4-13(3)12-18(20-5-2)16-10-11-17(19)15-9-7-6-8-14(15)16/h6-11,13,18,20H,4-5,12H2,1-3H3. The second kappa shape index (κ2) is 6.85. The molecule has 2 aromatic carbocycles. The summed E-state index contributed by atoms with van der Waals surface area (Å²) in [4.78, 5) is 0. The van der Waals surface area contributed by atoms with Gasteiger partial charge in [0.2, 0.25) is 0 Å². The van der Waals surface area contributed by atoms with E-state index in [-0.39, 0.29) is 5.82 Å². The Morgan fingerprint density at radius 3 is 2.40 bits per heavy atom. The van der Waals surface area contributed by atoms with E-state index in [2.05, 4.69) is 26.1 Å². The molecule has 0 aliphatic heterocycles. The van der Waals surface area contributed by atoms with Crippen LogP contribution in [0.2, 0.25) is 0 Å². The van der Waals surface area contributed by atoms with Crippen LogP contribution >= 0.6 is 0 Å². The minimum atomic E-state index is -0.136. The summed E-state index contributed by atoms with van der Waals surface area (Å²) in [5.41, 5.74) is 1.21. The van der Waals surface area contributed by atoms with Gasteiger partial charge in [0.15, 0.2) is 0 Å². The van der Waals surface area contributed by atoms with E-state index in [9.17, 15) is 4.39 Å². The summed E-state index contributed by atoms with van der Waals surface area (Å²) < 4.78 is 13.9. The molecule has 0 saturated heterocycles. The monoisotopic (exact) mass is 273 g/mol. The Kier molecular flexibility index (Phi) is 5.13. The van der Waals surface area contributed by atoms with Gasteiger partial charge in [-0.2, -0.15) is 0 Å². The lowest BCUT2D eigenvalue weighted by Gasteiger charge is -2.23. The molecule has 1 nitrogen and oxygen atoms in total. The summed E-state index contributed by atoms with van der Waals surface area (Å²) >= 11 is 0. The van der Waals surface area contributed by atoms with Crippen LogP contribution in [0.3, 0.4) is 0 Å². The lowest BCUT2D eigenvalue weighted by atomic mass is 9.91. The molecule has 108 valence electrons. The first-order chi connectivity index (χ1) is 9.67. The summed E-state index contributed by atoms with van der Waals surface area (Å²) in [6.45, 7) is 7.54. The van der Waals surface area contributed by atoms with Crippen molar-refractivity contribution in [2.45, 2.75) is 39.7 Å². The summed E-state index contributed by atoms with van der Waals surface area (Å²) in [6.07, 6.45) is 2.25. The van der Waals surface area contributed by atoms with E-state index in [0.29, 0.717) is 12.0 Å². The van der Waals surface area contributed by atoms with Crippen LogP contribution in [-0.4, -0.2) is 6.54 Å². The maximum Gasteiger partial charge on any atom is 0.131 e. The topological polar surface area (TPSA) is 12.0 Å². The van der Waals surface area contributed by atoms with Crippen molar-refractivity contribution in [3.8, 4) is 0 Å². The highest BCUT2D eigenvalue weighted by atomic mass is 19.1. The first-order valence-corrected chi connectivity index (χ1v) is 7.57. The van der Waals surface area contributed by atoms with Crippen LogP contribution in [-0.2, 0) is 0 Å². The van der Waals surface area contributed by atoms with Crippen LogP contribution in [0.15, 0.2) is 36.4 Å². The van der Waals surface area contributed by atoms with E-state index in [0.717, 1.165) is 23.7 Å². The first kappa shape index (κ1) is 15.0. The largest absolute Gasteiger partial charge is 0.310 e. The Hall–Kier alpha value is -1.41. The van der Waals surface area contributed by atoms with Gasteiger partial charge < -0.3 is 5.32 Å². The molecule has 0 spiro atoms. The Bertz CT molecular complexity index is 564. The molecule has 0 bridgehead atoms. The van der Waals surface area contributed by atoms with Crippen molar-refractivity contribution in [1.29, 1.82) is 0 Å². The zero-order valence-electron chi connectivity index (χ0n) is 12.6. The van der Waals surface area contributed by atoms with Crippen molar-refractivity contribution in [1.82, 2.24) is 5.32 Å². The van der Waals surface area contributed by atoms with Crippen LogP contribution in [0.25, 0.3) is 10.8 Å². The Morgan fingerprint density at radius 2 is 1.75 bits per heavy atom. The molecule has 2 rings (SSSR count). The van der Waals surface area contributed by atoms with Crippen molar-refractivity contribution >= 4 is 10.8 Å². The Balaban J connectivity index is 2.45. The minimum absolute atomic E-state index is 0.136. The van der Waals surface area contributed by atoms with E-state index in [1.165, 1.54) is 12.0 Å². The van der Waals surface area contributed by atoms with E-state index >= 15 is 0 Å². The molecule has 0 aromatic heterocycles. The molecule has 2 heteroatoms. The van der Waals surface area contributed by atoms with Crippen LogP contribution in [0, 0.1) is 11.7 Å². The van der Waals surface area contributed by atoms with Gasteiger partial charge in [0.05, 0.1) is 0 Å². The highest BCUT2D eigenvalue weighted by Crippen LogP contribution is 2.30. The first-order valence-electron chi connectivity index (χ1n) is 7.57. The van der Waals surface area contributed by atoms with Crippen molar-refractivity contribution < 1.29 is 4.39 Å². The third kappa shape index (κ3) is 3.18. The Morgan fingerprint density at radius 1 is 1.05 bits per heavy atom. The molecular formula is C18H24FN. The van der Waals surface area contributed by atoms with Gasteiger partial charge in [0.1, 0.15) is 5.82 Å². The number of hydrogen-bond acceptors (Lipinski definition) is 1. The molecule has 0 saturated carbocycles. The molecule has 2 aromatic rings. The van der Waals surface area contributed by atoms with Crippen LogP contribution < -0.4 is 5.32 Å². The number of hydrogen-bond donors (Lipinski definition) is 1. The Labute approximate surface area is 121 Å². The lowest BCUT2D eigenvalue weighted by molar-refractivity contribution is 0.410. The third-order valence-electron chi connectivity index (χ3n) is 4.07. The highest BCUT2D eigenvalue weighted by Gasteiger charge is 2.17. The van der Waals surface area contributed by atoms with Crippen molar-refractivity contribution in [2.24, 2.45) is 5.92 Å². The second-order valence-electron chi connectivity index (χ2n) is 5.54. The lowest BCUT2D eigenvalue weighted by Crippen LogP contribution is -2.23. The van der Waals surface area contributed by atoms with Gasteiger partial charge in [0.25, 0.3) is 0 Å². The summed E-state index contributed by atoms with van der Waals surface area (Å²) in [5, 5.41) is 5.30. The predicted molar refractivity (Wildman–Crippen MR) is 84.4 cm³/mol. The molecule has 1 N–H and O–H groups in total. The molecule has 20 heavy (non-hydrogen) atoms. The second-order valence-corrected chi connectivity index (χ2v) is 5.54. The average Bonchev–Trinajstić information content (AvgIpc) is 2.47. The van der Waals surface area contributed by atoms with E-state index in [1.54, 1.807) is 6.07 Å². The summed E-state index contributed by atoms with van der Waals surface area (Å²) in [7, 11) is 0. The maximum atomic E-state index is 13.9. The van der Waals surface area contributed by atoms with Crippen LogP contribution in [0.1, 0.15) is 45.2 Å². The average molecular weight is 273 g/mol. The highest BCUT2D eigenvalue weighted by molar-refractivity contribution is 5.86. The van der Waals surface area contributed by atoms with Gasteiger partial charge in [-0.15, -0.1) is 0 Å². The zero-order chi connectivity index (χ0) is 14.5. The molecule has 0 fully saturated rings. The van der Waals surface area contributed by atoms with Gasteiger partial charge in [-0.25, -0.2) is 4.39 Å². The van der Waals surface area contributed by atoms with Crippen LogP contribution in [0.4, 0.5) is 4.39 Å². The van der Waals surface area contributed by atoms with E-state index in [1.807, 2.05) is 30.3 Å². The van der Waals surface area contributed by atoms with Gasteiger partial charge in [-0.05, 0) is 35.9 Å². The van der Waals surface area contributed by atoms with Crippen molar-refractivity contribution in [3.05, 3.63) is 47.8 Å². The molecule has 0 radical (unpaired) electrons. The molecule has 0 aliphatic carbocycles. The number of fused-ring (bicyclic) bond motifs is 1. The quantitative estimate of drug-likeness (QED) is 0.775. The predicted octanol–water partition coefficient (Wildman–Crippen LogP) is 5.07. The fraction of sp³-hybridized carbons (Fsp3) is 0.444. The molecule has 2 unspecified atom stereocenters. The maximum absolute atomic E-state index is 13.9. The fourth-order valence-electron chi connectivity index (χ4n) is 2.73. The van der Waals surface area contributed by atoms with E-state index in [4.69, 9.17) is 0 Å². The van der Waals surface area contributed by atoms with Crippen molar-refractivity contribution in [3.63, 3.8) is 0 Å². The fourth-order valence-corrected chi connectivity index (χ4v) is 2.73. The van der Waals surface area contributed by atoms with Gasteiger partial charge in [-0.1, -0.05) is 57.5 Å². The summed E-state index contributed by atoms with van der Waals surface area (Å²) in [6, 6.07) is 11.6. The van der Waals surface area contributed by atoms with Gasteiger partial charge >= 0.3 is 0 Å². The molecule has 0 heterocycles. The molecule has 2 atom stereocenters. The number of nitrogens with one attached hydrogen (secondary N) is 1. The SMILES string of the molecule is CCNC(CC(C)CC)c1ccc(F)c2ccccc12. The normalized spacial score (nSPS) is 14.4. The number of rotatable bonds is 6. The van der Waals surface area contributed by atoms with Crippen LogP contribution in [0.5, 0.6) is 0 Å². The van der Waals surface area contributed by atoms with Gasteiger partial charge in [0, 0.05) is 11.4 Å². The molecular weight excluding hydrogens is 249 g/mol. The zero-order valence-corrected chi connectivity index (χ0v) is 12.6. The van der Waals surface area contributed by atoms with Crippen molar-refractivity contribution in [2.75, 3.05) is 6.54 Å². The smallest absolute Gasteiger partial charge is 0.131 e. The number of halogens is 1. The van der Waals surface area contributed by atoms with E-state index < -0.39 is 0 Å². The third-order valence-corrected chi connectivity index (χ3v) is 4.07.